The van der Waals surface area contributed by atoms with Crippen LogP contribution in [0.4, 0.5) is 4.39 Å². The van der Waals surface area contributed by atoms with Crippen molar-refractivity contribution in [2.24, 2.45) is 5.92 Å². The summed E-state index contributed by atoms with van der Waals surface area (Å²) >= 11 is 0. The van der Waals surface area contributed by atoms with Crippen LogP contribution in [-0.2, 0) is 0 Å². The first-order valence-corrected chi connectivity index (χ1v) is 7.88. The minimum Gasteiger partial charge on any atom is -0.387 e. The van der Waals surface area contributed by atoms with Crippen molar-refractivity contribution in [2.75, 3.05) is 6.54 Å². The first-order chi connectivity index (χ1) is 9.72. The molecule has 0 bridgehead atoms. The van der Waals surface area contributed by atoms with E-state index in [1.807, 2.05) is 0 Å². The maximum Gasteiger partial charge on any atom is 0.129 e. The SMILES string of the molecule is CCC(NCC(O)c1ccccc1F)C1CCCCC1. The van der Waals surface area contributed by atoms with Crippen LogP contribution < -0.4 is 5.32 Å². The molecule has 3 heteroatoms. The summed E-state index contributed by atoms with van der Waals surface area (Å²) in [5.41, 5.74) is 0.387. The van der Waals surface area contributed by atoms with Crippen molar-refractivity contribution in [1.29, 1.82) is 0 Å². The molecule has 0 amide bonds. The molecule has 2 unspecified atom stereocenters. The van der Waals surface area contributed by atoms with E-state index in [2.05, 4.69) is 12.2 Å². The molecule has 112 valence electrons. The normalized spacial score (nSPS) is 19.8. The van der Waals surface area contributed by atoms with Crippen LogP contribution in [0.2, 0.25) is 0 Å². The first kappa shape index (κ1) is 15.5. The molecule has 0 spiro atoms. The summed E-state index contributed by atoms with van der Waals surface area (Å²) in [5.74, 6) is 0.383. The molecule has 1 fully saturated rings. The summed E-state index contributed by atoms with van der Waals surface area (Å²) in [7, 11) is 0. The second-order valence-electron chi connectivity index (χ2n) is 5.86. The van der Waals surface area contributed by atoms with Gasteiger partial charge < -0.3 is 10.4 Å². The van der Waals surface area contributed by atoms with Crippen LogP contribution in [0.1, 0.15) is 57.1 Å². The summed E-state index contributed by atoms with van der Waals surface area (Å²) in [6.45, 7) is 2.61. The number of aliphatic hydroxyl groups is 1. The molecular formula is C17H26FNO. The van der Waals surface area contributed by atoms with Crippen molar-refractivity contribution < 1.29 is 9.50 Å². The molecule has 2 N–H and O–H groups in total. The topological polar surface area (TPSA) is 32.3 Å². The lowest BCUT2D eigenvalue weighted by atomic mass is 9.83. The van der Waals surface area contributed by atoms with Gasteiger partial charge in [-0.05, 0) is 31.2 Å². The van der Waals surface area contributed by atoms with Crippen LogP contribution in [0.25, 0.3) is 0 Å². The van der Waals surface area contributed by atoms with Crippen molar-refractivity contribution in [3.8, 4) is 0 Å². The maximum atomic E-state index is 13.6. The van der Waals surface area contributed by atoms with Crippen LogP contribution in [0.15, 0.2) is 24.3 Å². The molecule has 1 aliphatic rings. The van der Waals surface area contributed by atoms with Gasteiger partial charge in [0.2, 0.25) is 0 Å². The average Bonchev–Trinajstić information content (AvgIpc) is 2.49. The molecule has 0 heterocycles. The molecule has 1 aromatic carbocycles. The fourth-order valence-corrected chi connectivity index (χ4v) is 3.30. The number of aliphatic hydroxyl groups excluding tert-OH is 1. The van der Waals surface area contributed by atoms with E-state index < -0.39 is 6.10 Å². The molecule has 0 aromatic heterocycles. The fourth-order valence-electron chi connectivity index (χ4n) is 3.30. The van der Waals surface area contributed by atoms with E-state index in [0.717, 1.165) is 6.42 Å². The summed E-state index contributed by atoms with van der Waals surface area (Å²) in [5, 5.41) is 13.6. The zero-order valence-corrected chi connectivity index (χ0v) is 12.3. The fraction of sp³-hybridized carbons (Fsp3) is 0.647. The van der Waals surface area contributed by atoms with Gasteiger partial charge in [-0.2, -0.15) is 0 Å². The lowest BCUT2D eigenvalue weighted by Crippen LogP contribution is -2.39. The zero-order valence-electron chi connectivity index (χ0n) is 12.3. The van der Waals surface area contributed by atoms with E-state index in [-0.39, 0.29) is 5.82 Å². The summed E-state index contributed by atoms with van der Waals surface area (Å²) in [6, 6.07) is 6.91. The quantitative estimate of drug-likeness (QED) is 0.830. The van der Waals surface area contributed by atoms with Crippen molar-refractivity contribution in [3.63, 3.8) is 0 Å². The average molecular weight is 279 g/mol. The Morgan fingerprint density at radius 3 is 2.60 bits per heavy atom. The third-order valence-electron chi connectivity index (χ3n) is 4.50. The monoisotopic (exact) mass is 279 g/mol. The molecule has 2 nitrogen and oxygen atoms in total. The molecule has 1 aromatic rings. The van der Waals surface area contributed by atoms with Crippen LogP contribution >= 0.6 is 0 Å². The van der Waals surface area contributed by atoms with Gasteiger partial charge in [0.1, 0.15) is 5.82 Å². The predicted octanol–water partition coefficient (Wildman–Crippen LogP) is 3.81. The van der Waals surface area contributed by atoms with Gasteiger partial charge in [0.25, 0.3) is 0 Å². The zero-order chi connectivity index (χ0) is 14.4. The highest BCUT2D eigenvalue weighted by Crippen LogP contribution is 2.28. The Morgan fingerprint density at radius 1 is 1.25 bits per heavy atom. The molecule has 0 radical (unpaired) electrons. The number of benzene rings is 1. The second kappa shape index (κ2) is 7.75. The highest BCUT2D eigenvalue weighted by Gasteiger charge is 2.23. The van der Waals surface area contributed by atoms with Gasteiger partial charge in [0.05, 0.1) is 6.10 Å². The van der Waals surface area contributed by atoms with Crippen molar-refractivity contribution in [1.82, 2.24) is 5.32 Å². The molecule has 0 saturated heterocycles. The smallest absolute Gasteiger partial charge is 0.129 e. The Hall–Kier alpha value is -0.930. The van der Waals surface area contributed by atoms with Gasteiger partial charge >= 0.3 is 0 Å². The van der Waals surface area contributed by atoms with Gasteiger partial charge in [-0.25, -0.2) is 4.39 Å². The van der Waals surface area contributed by atoms with Crippen LogP contribution in [0, 0.1) is 11.7 Å². The maximum absolute atomic E-state index is 13.6. The van der Waals surface area contributed by atoms with E-state index in [1.54, 1.807) is 18.2 Å². The third-order valence-corrected chi connectivity index (χ3v) is 4.50. The summed E-state index contributed by atoms with van der Waals surface area (Å²) in [4.78, 5) is 0. The van der Waals surface area contributed by atoms with Crippen molar-refractivity contribution in [2.45, 2.75) is 57.6 Å². The Balaban J connectivity index is 1.87. The standard InChI is InChI=1S/C17H26FNO/c1-2-16(13-8-4-3-5-9-13)19-12-17(20)14-10-6-7-11-15(14)18/h6-7,10-11,13,16-17,19-20H,2-5,8-9,12H2,1H3. The third kappa shape index (κ3) is 4.03. The number of nitrogens with one attached hydrogen (secondary N) is 1. The molecule has 20 heavy (non-hydrogen) atoms. The summed E-state index contributed by atoms with van der Waals surface area (Å²) in [6.07, 6.45) is 6.84. The predicted molar refractivity (Wildman–Crippen MR) is 80.0 cm³/mol. The van der Waals surface area contributed by atoms with Crippen LogP contribution in [0.3, 0.4) is 0 Å². The van der Waals surface area contributed by atoms with Crippen molar-refractivity contribution >= 4 is 0 Å². The van der Waals surface area contributed by atoms with Gasteiger partial charge in [-0.15, -0.1) is 0 Å². The Labute approximate surface area is 121 Å². The molecular weight excluding hydrogens is 253 g/mol. The number of hydrogen-bond donors (Lipinski definition) is 2. The van der Waals surface area contributed by atoms with Crippen LogP contribution in [0.5, 0.6) is 0 Å². The van der Waals surface area contributed by atoms with Gasteiger partial charge in [0, 0.05) is 18.2 Å². The lowest BCUT2D eigenvalue weighted by molar-refractivity contribution is 0.153. The van der Waals surface area contributed by atoms with E-state index in [9.17, 15) is 9.50 Å². The minimum atomic E-state index is -0.770. The van der Waals surface area contributed by atoms with E-state index >= 15 is 0 Å². The highest BCUT2D eigenvalue weighted by molar-refractivity contribution is 5.20. The van der Waals surface area contributed by atoms with Gasteiger partial charge in [-0.1, -0.05) is 44.4 Å². The van der Waals surface area contributed by atoms with Gasteiger partial charge in [-0.3, -0.25) is 0 Å². The lowest BCUT2D eigenvalue weighted by Gasteiger charge is -2.31. The second-order valence-corrected chi connectivity index (χ2v) is 5.86. The molecule has 2 rings (SSSR count). The molecule has 2 atom stereocenters. The van der Waals surface area contributed by atoms with E-state index in [1.165, 1.54) is 38.2 Å². The first-order valence-electron chi connectivity index (χ1n) is 7.88. The number of rotatable bonds is 6. The van der Waals surface area contributed by atoms with Gasteiger partial charge in [0.15, 0.2) is 0 Å². The molecule has 0 aliphatic heterocycles. The highest BCUT2D eigenvalue weighted by atomic mass is 19.1. The summed E-state index contributed by atoms with van der Waals surface area (Å²) < 4.78 is 13.6. The Morgan fingerprint density at radius 2 is 1.95 bits per heavy atom. The van der Waals surface area contributed by atoms with Crippen LogP contribution in [-0.4, -0.2) is 17.7 Å². The number of hydrogen-bond acceptors (Lipinski definition) is 2. The van der Waals surface area contributed by atoms with Crippen molar-refractivity contribution in [3.05, 3.63) is 35.6 Å². The minimum absolute atomic E-state index is 0.326. The van der Waals surface area contributed by atoms with E-state index in [0.29, 0.717) is 24.1 Å². The molecule has 1 saturated carbocycles. The van der Waals surface area contributed by atoms with E-state index in [4.69, 9.17) is 0 Å². The largest absolute Gasteiger partial charge is 0.387 e. The Kier molecular flexibility index (Phi) is 5.99. The Bertz CT molecular complexity index is 404. The molecule has 1 aliphatic carbocycles. The number of halogens is 1.